The Labute approximate surface area is 209 Å². The minimum Gasteiger partial charge on any atom is -0.507 e. The molecule has 3 atom stereocenters. The Morgan fingerprint density at radius 2 is 1.59 bits per heavy atom. The number of carboxylic acid groups (broad SMARTS) is 1. The van der Waals surface area contributed by atoms with E-state index in [0.29, 0.717) is 11.3 Å². The average molecular weight is 511 g/mol. The normalized spacial score (nSPS) is 22.3. The predicted molar refractivity (Wildman–Crippen MR) is 126 cm³/mol. The first kappa shape index (κ1) is 24.4. The van der Waals surface area contributed by atoms with Gasteiger partial charge < -0.3 is 24.6 Å². The SMILES string of the molecule is O=C(O)COc1ccc(C(O)=C2C(=O)C3OC3N(c3ccc(C(F)(F)F)cc3)C2c2ccccc2)cc1. The molecule has 2 aliphatic heterocycles. The third kappa shape index (κ3) is 4.75. The summed E-state index contributed by atoms with van der Waals surface area (Å²) in [4.78, 5) is 25.8. The molecule has 2 heterocycles. The Morgan fingerprint density at radius 3 is 2.19 bits per heavy atom. The number of anilines is 1. The Hall–Kier alpha value is -4.31. The number of benzene rings is 3. The molecule has 0 amide bonds. The van der Waals surface area contributed by atoms with E-state index in [0.717, 1.165) is 12.1 Å². The molecule has 2 N–H and O–H groups in total. The average Bonchev–Trinajstić information content (AvgIpc) is 3.69. The van der Waals surface area contributed by atoms with E-state index in [4.69, 9.17) is 14.6 Å². The van der Waals surface area contributed by atoms with Crippen molar-refractivity contribution >= 4 is 23.2 Å². The van der Waals surface area contributed by atoms with Crippen molar-refractivity contribution in [1.82, 2.24) is 0 Å². The van der Waals surface area contributed by atoms with Gasteiger partial charge in [0.25, 0.3) is 0 Å². The van der Waals surface area contributed by atoms with Gasteiger partial charge in [0.15, 0.2) is 24.7 Å². The number of carbonyl (C=O) groups excluding carboxylic acids is 1. The molecule has 0 aromatic heterocycles. The van der Waals surface area contributed by atoms with Gasteiger partial charge in [-0.3, -0.25) is 4.79 Å². The molecule has 2 fully saturated rings. The lowest BCUT2D eigenvalue weighted by molar-refractivity contribution is -0.139. The number of carboxylic acids is 1. The molecule has 5 rings (SSSR count). The lowest BCUT2D eigenvalue weighted by Crippen LogP contribution is -2.42. The third-order valence-electron chi connectivity index (χ3n) is 6.17. The fourth-order valence-electron chi connectivity index (χ4n) is 4.42. The van der Waals surface area contributed by atoms with Gasteiger partial charge in [0.1, 0.15) is 11.5 Å². The molecule has 3 aromatic carbocycles. The largest absolute Gasteiger partial charge is 0.507 e. The number of aliphatic carboxylic acids is 1. The number of aliphatic hydroxyl groups excluding tert-OH is 1. The molecule has 7 nitrogen and oxygen atoms in total. The highest BCUT2D eigenvalue weighted by Crippen LogP contribution is 2.49. The Balaban J connectivity index is 1.59. The number of alkyl halides is 3. The summed E-state index contributed by atoms with van der Waals surface area (Å²) in [5, 5.41) is 20.1. The van der Waals surface area contributed by atoms with Crippen LogP contribution in [-0.2, 0) is 20.5 Å². The minimum atomic E-state index is -4.50. The molecule has 3 unspecified atom stereocenters. The van der Waals surface area contributed by atoms with Crippen LogP contribution < -0.4 is 9.64 Å². The van der Waals surface area contributed by atoms with Crippen molar-refractivity contribution in [1.29, 1.82) is 0 Å². The topological polar surface area (TPSA) is 99.6 Å². The Kier molecular flexibility index (Phi) is 6.12. The van der Waals surface area contributed by atoms with Gasteiger partial charge in [-0.05, 0) is 54.1 Å². The smallest absolute Gasteiger partial charge is 0.416 e. The van der Waals surface area contributed by atoms with Crippen LogP contribution in [0.3, 0.4) is 0 Å². The van der Waals surface area contributed by atoms with E-state index in [1.54, 1.807) is 35.2 Å². The second-order valence-electron chi connectivity index (χ2n) is 8.55. The first-order valence-corrected chi connectivity index (χ1v) is 11.2. The first-order chi connectivity index (χ1) is 17.6. The summed E-state index contributed by atoms with van der Waals surface area (Å²) in [5.41, 5.74) is 0.525. The van der Waals surface area contributed by atoms with E-state index < -0.39 is 48.5 Å². The maximum Gasteiger partial charge on any atom is 0.416 e. The standard InChI is InChI=1S/C27H20F3NO6/c28-27(29,30)17-8-10-18(11-9-17)31-22(15-4-2-1-3-5-15)21(24(35)25-26(31)37-25)23(34)16-6-12-19(13-7-16)36-14-20(32)33/h1-13,22,25-26,34H,14H2,(H,32,33). The Morgan fingerprint density at radius 1 is 0.946 bits per heavy atom. The summed E-state index contributed by atoms with van der Waals surface area (Å²) < 4.78 is 50.2. The molecule has 190 valence electrons. The van der Waals surface area contributed by atoms with Crippen LogP contribution in [0.25, 0.3) is 5.76 Å². The number of carbonyl (C=O) groups is 2. The fourth-order valence-corrected chi connectivity index (χ4v) is 4.42. The zero-order valence-corrected chi connectivity index (χ0v) is 19.1. The molecule has 2 saturated heterocycles. The zero-order chi connectivity index (χ0) is 26.3. The maximum absolute atomic E-state index is 13.4. The van der Waals surface area contributed by atoms with Gasteiger partial charge in [0, 0.05) is 11.3 Å². The summed E-state index contributed by atoms with van der Waals surface area (Å²) in [7, 11) is 0. The summed E-state index contributed by atoms with van der Waals surface area (Å²) in [6.45, 7) is -0.538. The number of hydrogen-bond acceptors (Lipinski definition) is 6. The quantitative estimate of drug-likeness (QED) is 0.273. The first-order valence-electron chi connectivity index (χ1n) is 11.2. The molecule has 0 spiro atoms. The third-order valence-corrected chi connectivity index (χ3v) is 6.17. The molecule has 3 aromatic rings. The number of aliphatic hydroxyl groups is 1. The summed E-state index contributed by atoms with van der Waals surface area (Å²) >= 11 is 0. The van der Waals surface area contributed by atoms with Crippen molar-refractivity contribution in [2.24, 2.45) is 0 Å². The molecule has 2 aliphatic rings. The number of epoxide rings is 1. The van der Waals surface area contributed by atoms with Gasteiger partial charge in [-0.15, -0.1) is 0 Å². The van der Waals surface area contributed by atoms with E-state index in [1.807, 2.05) is 0 Å². The van der Waals surface area contributed by atoms with Crippen LogP contribution >= 0.6 is 0 Å². The highest BCUT2D eigenvalue weighted by Gasteiger charge is 2.59. The number of ketones is 1. The number of halogens is 3. The number of piperidine rings is 1. The van der Waals surface area contributed by atoms with Crippen molar-refractivity contribution in [3.8, 4) is 5.75 Å². The Bertz CT molecular complexity index is 1350. The lowest BCUT2D eigenvalue weighted by Gasteiger charge is -2.37. The van der Waals surface area contributed by atoms with Crippen LogP contribution in [-0.4, -0.2) is 40.9 Å². The van der Waals surface area contributed by atoms with Gasteiger partial charge in [-0.2, -0.15) is 13.2 Å². The van der Waals surface area contributed by atoms with Gasteiger partial charge in [-0.25, -0.2) is 4.79 Å². The van der Waals surface area contributed by atoms with E-state index in [-0.39, 0.29) is 22.6 Å². The number of hydrogen-bond donors (Lipinski definition) is 2. The molecular weight excluding hydrogens is 491 g/mol. The predicted octanol–water partition coefficient (Wildman–Crippen LogP) is 4.99. The van der Waals surface area contributed by atoms with Crippen molar-refractivity contribution in [2.75, 3.05) is 11.5 Å². The highest BCUT2D eigenvalue weighted by atomic mass is 19.4. The van der Waals surface area contributed by atoms with Crippen LogP contribution in [0, 0.1) is 0 Å². The van der Waals surface area contributed by atoms with Crippen LogP contribution in [0.4, 0.5) is 18.9 Å². The van der Waals surface area contributed by atoms with E-state index >= 15 is 0 Å². The van der Waals surface area contributed by atoms with E-state index in [9.17, 15) is 27.9 Å². The maximum atomic E-state index is 13.4. The number of ether oxygens (including phenoxy) is 2. The second kappa shape index (κ2) is 9.29. The number of fused-ring (bicyclic) bond motifs is 1. The number of Topliss-reactive ketones (excluding diaryl/α,β-unsaturated/α-hetero) is 1. The molecule has 0 saturated carbocycles. The number of rotatable bonds is 6. The fraction of sp³-hybridized carbons (Fsp3) is 0.185. The van der Waals surface area contributed by atoms with Crippen LogP contribution in [0.1, 0.15) is 22.7 Å². The van der Waals surface area contributed by atoms with Crippen LogP contribution in [0.5, 0.6) is 5.75 Å². The minimum absolute atomic E-state index is 0.0315. The van der Waals surface area contributed by atoms with Crippen molar-refractivity contribution in [3.05, 3.63) is 101 Å². The lowest BCUT2D eigenvalue weighted by atomic mass is 9.86. The zero-order valence-electron chi connectivity index (χ0n) is 19.1. The molecular formula is C27H20F3NO6. The van der Waals surface area contributed by atoms with E-state index in [1.165, 1.54) is 36.4 Å². The van der Waals surface area contributed by atoms with Gasteiger partial charge in [0.05, 0.1) is 17.2 Å². The molecule has 37 heavy (non-hydrogen) atoms. The van der Waals surface area contributed by atoms with E-state index in [2.05, 4.69) is 0 Å². The molecule has 0 radical (unpaired) electrons. The summed E-state index contributed by atoms with van der Waals surface area (Å²) in [6.07, 6.45) is -6.08. The monoisotopic (exact) mass is 511 g/mol. The van der Waals surface area contributed by atoms with Crippen molar-refractivity contribution in [3.63, 3.8) is 0 Å². The summed E-state index contributed by atoms with van der Waals surface area (Å²) in [5.74, 6) is -1.63. The van der Waals surface area contributed by atoms with Crippen molar-refractivity contribution < 1.29 is 42.4 Å². The highest BCUT2D eigenvalue weighted by molar-refractivity contribution is 6.09. The molecule has 10 heteroatoms. The molecule has 0 aliphatic carbocycles. The van der Waals surface area contributed by atoms with Crippen LogP contribution in [0.15, 0.2) is 84.4 Å². The van der Waals surface area contributed by atoms with Crippen LogP contribution in [0.2, 0.25) is 0 Å². The second-order valence-corrected chi connectivity index (χ2v) is 8.55. The van der Waals surface area contributed by atoms with Gasteiger partial charge in [-0.1, -0.05) is 30.3 Å². The molecule has 0 bridgehead atoms. The number of nitrogens with zero attached hydrogens (tertiary/aromatic N) is 1. The summed E-state index contributed by atoms with van der Waals surface area (Å²) in [6, 6.07) is 18.4. The van der Waals surface area contributed by atoms with Gasteiger partial charge in [0.2, 0.25) is 0 Å². The van der Waals surface area contributed by atoms with Gasteiger partial charge >= 0.3 is 12.1 Å². The van der Waals surface area contributed by atoms with Crippen molar-refractivity contribution in [2.45, 2.75) is 24.6 Å².